The van der Waals surface area contributed by atoms with E-state index in [1.807, 2.05) is 54.6 Å². The fourth-order valence-corrected chi connectivity index (χ4v) is 6.05. The van der Waals surface area contributed by atoms with E-state index in [0.29, 0.717) is 21.3 Å². The van der Waals surface area contributed by atoms with Gasteiger partial charge in [0.15, 0.2) is 0 Å². The standard InChI is InChI=1S/C18H13O2PS2/c19-21(17-11-12(22)9-10-18(17)23)16-8-4-2-6-14(16)13-5-1-3-7-15(13)20-21/h1-11,22-23H. The minimum Gasteiger partial charge on any atom is -0.436 e. The molecule has 0 saturated heterocycles. The van der Waals surface area contributed by atoms with Gasteiger partial charge >= 0.3 is 7.37 Å². The third-order valence-electron chi connectivity index (χ3n) is 3.90. The molecule has 4 rings (SSSR count). The predicted molar refractivity (Wildman–Crippen MR) is 100 cm³/mol. The van der Waals surface area contributed by atoms with Crippen LogP contribution in [0, 0.1) is 0 Å². The molecule has 5 heteroatoms. The summed E-state index contributed by atoms with van der Waals surface area (Å²) < 4.78 is 19.9. The zero-order chi connectivity index (χ0) is 16.0. The SMILES string of the molecule is O=P1(c2cc(S)ccc2S)Oc2ccccc2-c2ccccc21. The van der Waals surface area contributed by atoms with Gasteiger partial charge in [-0.2, -0.15) is 0 Å². The molecule has 0 saturated carbocycles. The summed E-state index contributed by atoms with van der Waals surface area (Å²) in [5, 5.41) is 1.28. The highest BCUT2D eigenvalue weighted by Crippen LogP contribution is 2.54. The van der Waals surface area contributed by atoms with E-state index in [1.165, 1.54) is 0 Å². The quantitative estimate of drug-likeness (QED) is 0.494. The Kier molecular flexibility index (Phi) is 3.56. The second-order valence-corrected chi connectivity index (χ2v) is 8.58. The van der Waals surface area contributed by atoms with Crippen molar-refractivity contribution in [3.05, 3.63) is 66.7 Å². The van der Waals surface area contributed by atoms with Crippen molar-refractivity contribution in [3.8, 4) is 16.9 Å². The van der Waals surface area contributed by atoms with Crippen LogP contribution in [-0.4, -0.2) is 0 Å². The Balaban J connectivity index is 2.05. The molecule has 0 bridgehead atoms. The fraction of sp³-hybridized carbons (Fsp3) is 0. The molecule has 1 heterocycles. The first-order chi connectivity index (χ1) is 11.1. The second kappa shape index (κ2) is 5.48. The van der Waals surface area contributed by atoms with Gasteiger partial charge in [0.25, 0.3) is 0 Å². The topological polar surface area (TPSA) is 26.3 Å². The minimum atomic E-state index is -3.28. The lowest BCUT2D eigenvalue weighted by molar-refractivity contribution is 0.501. The number of hydrogen-bond acceptors (Lipinski definition) is 4. The minimum absolute atomic E-state index is 0.579. The molecule has 23 heavy (non-hydrogen) atoms. The van der Waals surface area contributed by atoms with E-state index >= 15 is 0 Å². The van der Waals surface area contributed by atoms with E-state index in [-0.39, 0.29) is 0 Å². The van der Waals surface area contributed by atoms with Crippen LogP contribution in [0.15, 0.2) is 76.5 Å². The molecule has 0 radical (unpaired) electrons. The normalized spacial score (nSPS) is 18.7. The first kappa shape index (κ1) is 14.9. The summed E-state index contributed by atoms with van der Waals surface area (Å²) in [7, 11) is -3.28. The third-order valence-corrected chi connectivity index (χ3v) is 7.23. The smallest absolute Gasteiger partial charge is 0.308 e. The number of para-hydroxylation sites is 1. The van der Waals surface area contributed by atoms with Gasteiger partial charge in [-0.05, 0) is 35.9 Å². The number of rotatable bonds is 1. The molecular weight excluding hydrogens is 343 g/mol. The van der Waals surface area contributed by atoms with Crippen LogP contribution < -0.4 is 15.1 Å². The van der Waals surface area contributed by atoms with Gasteiger partial charge in [-0.1, -0.05) is 36.4 Å². The maximum absolute atomic E-state index is 13.9. The van der Waals surface area contributed by atoms with Crippen molar-refractivity contribution in [1.29, 1.82) is 0 Å². The summed E-state index contributed by atoms with van der Waals surface area (Å²) in [5.74, 6) is 0.631. The summed E-state index contributed by atoms with van der Waals surface area (Å²) >= 11 is 8.86. The average molecular weight is 356 g/mol. The molecule has 3 aromatic rings. The van der Waals surface area contributed by atoms with Gasteiger partial charge < -0.3 is 4.52 Å². The van der Waals surface area contributed by atoms with Gasteiger partial charge in [-0.3, -0.25) is 4.57 Å². The van der Waals surface area contributed by atoms with Crippen LogP contribution in [0.3, 0.4) is 0 Å². The van der Waals surface area contributed by atoms with Gasteiger partial charge in [0.2, 0.25) is 0 Å². The van der Waals surface area contributed by atoms with Crippen LogP contribution in [0.25, 0.3) is 11.1 Å². The summed E-state index contributed by atoms with van der Waals surface area (Å²) in [6.07, 6.45) is 0. The van der Waals surface area contributed by atoms with Crippen molar-refractivity contribution in [2.75, 3.05) is 0 Å². The van der Waals surface area contributed by atoms with E-state index in [9.17, 15) is 4.57 Å². The Morgan fingerprint density at radius 3 is 2.30 bits per heavy atom. The summed E-state index contributed by atoms with van der Waals surface area (Å²) in [5.41, 5.74) is 1.90. The highest BCUT2D eigenvalue weighted by atomic mass is 32.1. The van der Waals surface area contributed by atoms with Crippen LogP contribution in [0.4, 0.5) is 0 Å². The van der Waals surface area contributed by atoms with Gasteiger partial charge in [0.05, 0.1) is 10.6 Å². The Hall–Kier alpha value is -1.61. The molecule has 0 amide bonds. The van der Waals surface area contributed by atoms with Crippen LogP contribution in [-0.2, 0) is 4.57 Å². The van der Waals surface area contributed by atoms with Gasteiger partial charge in [-0.15, -0.1) is 25.3 Å². The van der Waals surface area contributed by atoms with Crippen molar-refractivity contribution < 1.29 is 9.09 Å². The van der Waals surface area contributed by atoms with Crippen LogP contribution in [0.5, 0.6) is 5.75 Å². The molecule has 114 valence electrons. The Bertz CT molecular complexity index is 969. The van der Waals surface area contributed by atoms with Gasteiger partial charge in [0, 0.05) is 15.4 Å². The Morgan fingerprint density at radius 1 is 0.783 bits per heavy atom. The fourth-order valence-electron chi connectivity index (χ4n) is 2.84. The molecular formula is C18H13O2PS2. The third kappa shape index (κ3) is 2.33. The lowest BCUT2D eigenvalue weighted by atomic mass is 10.0. The van der Waals surface area contributed by atoms with Crippen molar-refractivity contribution in [2.24, 2.45) is 0 Å². The van der Waals surface area contributed by atoms with Crippen molar-refractivity contribution in [1.82, 2.24) is 0 Å². The monoisotopic (exact) mass is 356 g/mol. The number of fused-ring (bicyclic) bond motifs is 3. The van der Waals surface area contributed by atoms with Crippen LogP contribution >= 0.6 is 32.6 Å². The molecule has 1 aliphatic rings. The first-order valence-electron chi connectivity index (χ1n) is 7.11. The number of benzene rings is 3. The van der Waals surface area contributed by atoms with E-state index < -0.39 is 7.37 Å². The van der Waals surface area contributed by atoms with Crippen molar-refractivity contribution in [3.63, 3.8) is 0 Å². The molecule has 0 fully saturated rings. The molecule has 0 aliphatic carbocycles. The first-order valence-corrected chi connectivity index (χ1v) is 9.63. The Morgan fingerprint density at radius 2 is 1.48 bits per heavy atom. The van der Waals surface area contributed by atoms with Crippen LogP contribution in [0.1, 0.15) is 0 Å². The van der Waals surface area contributed by atoms with E-state index in [4.69, 9.17) is 4.52 Å². The van der Waals surface area contributed by atoms with Crippen molar-refractivity contribution in [2.45, 2.75) is 9.79 Å². The Labute approximate surface area is 145 Å². The average Bonchev–Trinajstić information content (AvgIpc) is 2.57. The predicted octanol–water partition coefficient (Wildman–Crippen LogP) is 4.55. The maximum atomic E-state index is 13.9. The van der Waals surface area contributed by atoms with E-state index in [0.717, 1.165) is 16.0 Å². The lowest BCUT2D eigenvalue weighted by Crippen LogP contribution is -2.26. The summed E-state index contributed by atoms with van der Waals surface area (Å²) in [6, 6.07) is 20.7. The molecule has 1 unspecified atom stereocenters. The molecule has 0 N–H and O–H groups in total. The molecule has 0 aromatic heterocycles. The molecule has 3 aromatic carbocycles. The molecule has 2 nitrogen and oxygen atoms in total. The summed E-state index contributed by atoms with van der Waals surface area (Å²) in [6.45, 7) is 0. The van der Waals surface area contributed by atoms with Crippen molar-refractivity contribution >= 4 is 43.2 Å². The lowest BCUT2D eigenvalue weighted by Gasteiger charge is -2.29. The highest BCUT2D eigenvalue weighted by molar-refractivity contribution is 7.83. The van der Waals surface area contributed by atoms with E-state index in [1.54, 1.807) is 12.1 Å². The maximum Gasteiger partial charge on any atom is 0.308 e. The van der Waals surface area contributed by atoms with E-state index in [2.05, 4.69) is 25.3 Å². The zero-order valence-corrected chi connectivity index (χ0v) is 14.7. The molecule has 0 spiro atoms. The highest BCUT2D eigenvalue weighted by Gasteiger charge is 2.38. The molecule has 1 aliphatic heterocycles. The molecule has 1 atom stereocenters. The van der Waals surface area contributed by atoms with Gasteiger partial charge in [-0.25, -0.2) is 0 Å². The summed E-state index contributed by atoms with van der Waals surface area (Å²) in [4.78, 5) is 1.37. The number of thiol groups is 2. The largest absolute Gasteiger partial charge is 0.436 e. The second-order valence-electron chi connectivity index (χ2n) is 5.33. The number of hydrogen-bond donors (Lipinski definition) is 2. The van der Waals surface area contributed by atoms with Gasteiger partial charge in [0.1, 0.15) is 5.75 Å². The van der Waals surface area contributed by atoms with Crippen LogP contribution in [0.2, 0.25) is 0 Å². The zero-order valence-electron chi connectivity index (χ0n) is 12.0.